The van der Waals surface area contributed by atoms with E-state index < -0.39 is 8.07 Å². The molecule has 17 heavy (non-hydrogen) atoms. The molecule has 0 spiro atoms. The molecule has 1 aromatic carbocycles. The second-order valence-electron chi connectivity index (χ2n) is 5.81. The molecule has 1 rings (SSSR count). The number of hydrogen-bond acceptors (Lipinski definition) is 0. The number of rotatable bonds is 1. The fourth-order valence-corrected chi connectivity index (χ4v) is 0.889. The Morgan fingerprint density at radius 3 is 1.41 bits per heavy atom. The Bertz CT molecular complexity index is 265. The molecule has 0 aliphatic rings. The zero-order chi connectivity index (χ0) is 12.1. The molecule has 1 aromatic rings. The minimum Gasteiger partial charge on any atom is -0.342 e. The van der Waals surface area contributed by atoms with Crippen LogP contribution in [-0.4, -0.2) is 8.07 Å². The maximum atomic E-state index is 4.04. The van der Waals surface area contributed by atoms with Crippen LogP contribution in [0.4, 0.5) is 0 Å². The van der Waals surface area contributed by atoms with Crippen LogP contribution in [0, 0.1) is 13.5 Å². The van der Waals surface area contributed by atoms with Gasteiger partial charge in [-0.3, -0.25) is 0 Å². The smallest absolute Gasteiger partial charge is 0.342 e. The Morgan fingerprint density at radius 2 is 1.24 bits per heavy atom. The van der Waals surface area contributed by atoms with Crippen LogP contribution in [0.2, 0.25) is 19.6 Å². The van der Waals surface area contributed by atoms with E-state index in [1.54, 1.807) is 0 Å². The van der Waals surface area contributed by atoms with Gasteiger partial charge in [-0.1, -0.05) is 69.4 Å². The summed E-state index contributed by atoms with van der Waals surface area (Å²) in [4.78, 5) is 0. The first-order valence-corrected chi connectivity index (χ1v) is 9.07. The fourth-order valence-electron chi connectivity index (χ4n) is 0.889. The number of hydrogen-bond donors (Lipinski definition) is 0. The minimum absolute atomic E-state index is 0. The molecule has 0 fully saturated rings. The third-order valence-corrected chi connectivity index (χ3v) is 1.56. The maximum Gasteiger partial charge on any atom is 1.00 e. The van der Waals surface area contributed by atoms with Gasteiger partial charge in [0.2, 0.25) is 0 Å². The molecular formula is C14H24Li2Si. The normalized spacial score (nSPS) is 10.3. The summed E-state index contributed by atoms with van der Waals surface area (Å²) in [5.74, 6) is 0. The third-order valence-electron chi connectivity index (χ3n) is 1.56. The van der Waals surface area contributed by atoms with Gasteiger partial charge < -0.3 is 13.5 Å². The van der Waals surface area contributed by atoms with Crippen LogP contribution >= 0.6 is 0 Å². The summed E-state index contributed by atoms with van der Waals surface area (Å²) < 4.78 is 0. The van der Waals surface area contributed by atoms with Crippen molar-refractivity contribution in [3.63, 3.8) is 0 Å². The second kappa shape index (κ2) is 9.55. The SMILES string of the molecule is [CH2-]C(C)(C)c1ccccc1.[CH2-][Si](C)(C)C.[Li+].[Li+]. The first-order chi connectivity index (χ1) is 6.61. The first kappa shape index (κ1) is 22.8. The molecule has 0 amide bonds. The summed E-state index contributed by atoms with van der Waals surface area (Å²) in [5.41, 5.74) is 1.33. The first-order valence-electron chi connectivity index (χ1n) is 5.37. The van der Waals surface area contributed by atoms with Crippen LogP contribution in [0.25, 0.3) is 0 Å². The molecule has 0 unspecified atom stereocenters. The zero-order valence-corrected chi connectivity index (χ0v) is 13.8. The van der Waals surface area contributed by atoms with Crippen molar-refractivity contribution < 1.29 is 37.7 Å². The van der Waals surface area contributed by atoms with Gasteiger partial charge in [-0.25, -0.2) is 0 Å². The van der Waals surface area contributed by atoms with Crippen LogP contribution in [0.5, 0.6) is 0 Å². The van der Waals surface area contributed by atoms with Gasteiger partial charge in [-0.2, -0.15) is 0 Å². The van der Waals surface area contributed by atoms with Crippen LogP contribution < -0.4 is 37.7 Å². The second-order valence-corrected chi connectivity index (χ2v) is 10.9. The van der Waals surface area contributed by atoms with E-state index in [-0.39, 0.29) is 43.1 Å². The van der Waals surface area contributed by atoms with Gasteiger partial charge in [-0.15, -0.1) is 13.5 Å². The Kier molecular flexibility index (Phi) is 12.8. The molecule has 0 aromatic heterocycles. The molecule has 3 heteroatoms. The van der Waals surface area contributed by atoms with E-state index in [0.717, 1.165) is 0 Å². The number of benzene rings is 1. The Morgan fingerprint density at radius 1 is 0.941 bits per heavy atom. The van der Waals surface area contributed by atoms with Crippen molar-refractivity contribution in [3.8, 4) is 0 Å². The molecule has 0 radical (unpaired) electrons. The van der Waals surface area contributed by atoms with Crippen LogP contribution in [0.3, 0.4) is 0 Å². The van der Waals surface area contributed by atoms with Crippen LogP contribution in [0.1, 0.15) is 19.4 Å². The standard InChI is InChI=1S/C10H13.C4H11Si.2Li/c1-10(2,3)9-7-5-4-6-8-9;1-5(2,3)4;;/h4-8H,1H2,2-3H3;1H2,2-4H3;;/q2*-1;2*+1. The summed E-state index contributed by atoms with van der Waals surface area (Å²) >= 11 is 0. The quantitative estimate of drug-likeness (QED) is 0.410. The zero-order valence-electron chi connectivity index (χ0n) is 12.8. The maximum absolute atomic E-state index is 4.04. The van der Waals surface area contributed by atoms with Crippen molar-refractivity contribution >= 4 is 8.07 Å². The van der Waals surface area contributed by atoms with Gasteiger partial charge in [0, 0.05) is 0 Å². The van der Waals surface area contributed by atoms with Crippen molar-refractivity contribution in [3.05, 3.63) is 49.4 Å². The van der Waals surface area contributed by atoms with Gasteiger partial charge in [0.05, 0.1) is 0 Å². The predicted octanol–water partition coefficient (Wildman–Crippen LogP) is -1.50. The fraction of sp³-hybridized carbons (Fsp3) is 0.429. The van der Waals surface area contributed by atoms with Gasteiger partial charge in [0.25, 0.3) is 0 Å². The molecule has 0 heterocycles. The van der Waals surface area contributed by atoms with Crippen molar-refractivity contribution in [2.45, 2.75) is 38.9 Å². The van der Waals surface area contributed by atoms with Crippen LogP contribution in [0.15, 0.2) is 30.3 Å². The molecule has 0 atom stereocenters. The van der Waals surface area contributed by atoms with Gasteiger partial charge in [0.15, 0.2) is 0 Å². The van der Waals surface area contributed by atoms with E-state index in [1.807, 2.05) is 18.2 Å². The average Bonchev–Trinajstić information content (AvgIpc) is 2.01. The van der Waals surface area contributed by atoms with Crippen LogP contribution in [-0.2, 0) is 5.41 Å². The largest absolute Gasteiger partial charge is 1.00 e. The van der Waals surface area contributed by atoms with Crippen molar-refractivity contribution in [1.29, 1.82) is 0 Å². The van der Waals surface area contributed by atoms with Crippen molar-refractivity contribution in [2.24, 2.45) is 0 Å². The Hall–Kier alpha value is 0.632. The molecule has 0 bridgehead atoms. The van der Waals surface area contributed by atoms with Gasteiger partial charge >= 0.3 is 37.7 Å². The van der Waals surface area contributed by atoms with Gasteiger partial charge in [-0.05, 0) is 0 Å². The summed E-state index contributed by atoms with van der Waals surface area (Å²) in [6, 6.07) is 10.3. The van der Waals surface area contributed by atoms with E-state index in [0.29, 0.717) is 0 Å². The Balaban J connectivity index is -0.000000247. The molecule has 0 aliphatic heterocycles. The molecule has 86 valence electrons. The summed E-state index contributed by atoms with van der Waals surface area (Å²) in [6.45, 7) is 18.8. The summed E-state index contributed by atoms with van der Waals surface area (Å²) in [7, 11) is -0.861. The van der Waals surface area contributed by atoms with E-state index in [4.69, 9.17) is 0 Å². The summed E-state index contributed by atoms with van der Waals surface area (Å²) in [6.07, 6.45) is 0. The topological polar surface area (TPSA) is 0 Å². The van der Waals surface area contributed by atoms with E-state index in [1.165, 1.54) is 5.56 Å². The molecule has 0 saturated heterocycles. The van der Waals surface area contributed by atoms with E-state index >= 15 is 0 Å². The monoisotopic (exact) mass is 234 g/mol. The molecule has 0 N–H and O–H groups in total. The minimum atomic E-state index is -0.861. The molecule has 0 saturated carbocycles. The van der Waals surface area contributed by atoms with Gasteiger partial charge in [0.1, 0.15) is 0 Å². The Labute approximate surface area is 133 Å². The molecule has 0 aliphatic carbocycles. The van der Waals surface area contributed by atoms with E-state index in [2.05, 4.69) is 59.1 Å². The molecule has 0 nitrogen and oxygen atoms in total. The summed E-state index contributed by atoms with van der Waals surface area (Å²) in [5, 5.41) is 0. The third kappa shape index (κ3) is 16.6. The van der Waals surface area contributed by atoms with E-state index in [9.17, 15) is 0 Å². The predicted molar refractivity (Wildman–Crippen MR) is 73.5 cm³/mol. The average molecular weight is 234 g/mol. The van der Waals surface area contributed by atoms with Crippen molar-refractivity contribution in [2.75, 3.05) is 0 Å². The molecular weight excluding hydrogens is 210 g/mol. The van der Waals surface area contributed by atoms with Crippen molar-refractivity contribution in [1.82, 2.24) is 0 Å².